The minimum Gasteiger partial charge on any atom is -0.396 e. The third kappa shape index (κ3) is 5.67. The van der Waals surface area contributed by atoms with Crippen LogP contribution in [0.4, 0.5) is 5.82 Å². The molecule has 0 aliphatic carbocycles. The van der Waals surface area contributed by atoms with Crippen molar-refractivity contribution < 1.29 is 5.11 Å². The molecule has 0 bridgehead atoms. The Hall–Kier alpha value is -1.07. The van der Waals surface area contributed by atoms with Crippen molar-refractivity contribution in [2.45, 2.75) is 46.6 Å². The first-order chi connectivity index (χ1) is 9.97. The number of aliphatic hydroxyl groups is 1. The van der Waals surface area contributed by atoms with Gasteiger partial charge >= 0.3 is 0 Å². The van der Waals surface area contributed by atoms with Gasteiger partial charge in [0, 0.05) is 39.4 Å². The van der Waals surface area contributed by atoms with Gasteiger partial charge in [0.1, 0.15) is 5.82 Å². The minimum atomic E-state index is 0.291. The predicted octanol–water partition coefficient (Wildman–Crippen LogP) is 2.07. The highest BCUT2D eigenvalue weighted by Gasteiger charge is 2.16. The van der Waals surface area contributed by atoms with Crippen molar-refractivity contribution in [1.29, 1.82) is 0 Å². The molecule has 0 saturated heterocycles. The molecule has 0 unspecified atom stereocenters. The van der Waals surface area contributed by atoms with Gasteiger partial charge in [-0.3, -0.25) is 4.68 Å². The van der Waals surface area contributed by atoms with Crippen molar-refractivity contribution in [3.05, 3.63) is 11.3 Å². The van der Waals surface area contributed by atoms with E-state index in [9.17, 15) is 0 Å². The van der Waals surface area contributed by atoms with Crippen LogP contribution in [-0.4, -0.2) is 41.6 Å². The first kappa shape index (κ1) is 18.0. The second-order valence-electron chi connectivity index (χ2n) is 6.24. The molecule has 0 amide bonds. The largest absolute Gasteiger partial charge is 0.396 e. The van der Waals surface area contributed by atoms with Gasteiger partial charge < -0.3 is 15.3 Å². The molecule has 0 aromatic carbocycles. The average molecular weight is 296 g/mol. The zero-order valence-corrected chi connectivity index (χ0v) is 14.3. The summed E-state index contributed by atoms with van der Waals surface area (Å²) in [6, 6.07) is 0. The molecule has 5 heteroatoms. The van der Waals surface area contributed by atoms with Crippen LogP contribution in [0, 0.1) is 12.8 Å². The zero-order chi connectivity index (χ0) is 15.8. The number of aryl methyl sites for hydroxylation is 2. The van der Waals surface area contributed by atoms with Crippen LogP contribution in [-0.2, 0) is 13.6 Å². The highest BCUT2D eigenvalue weighted by Crippen LogP contribution is 2.22. The summed E-state index contributed by atoms with van der Waals surface area (Å²) < 4.78 is 1.98. The van der Waals surface area contributed by atoms with E-state index in [0.717, 1.165) is 44.6 Å². The van der Waals surface area contributed by atoms with E-state index in [4.69, 9.17) is 5.11 Å². The number of rotatable bonds is 10. The Bertz CT molecular complexity index is 415. The summed E-state index contributed by atoms with van der Waals surface area (Å²) in [5.74, 6) is 1.86. The summed E-state index contributed by atoms with van der Waals surface area (Å²) >= 11 is 0. The lowest BCUT2D eigenvalue weighted by Crippen LogP contribution is -2.25. The maximum absolute atomic E-state index is 8.85. The van der Waals surface area contributed by atoms with Gasteiger partial charge in [-0.1, -0.05) is 13.8 Å². The van der Waals surface area contributed by atoms with E-state index in [-0.39, 0.29) is 0 Å². The Balaban J connectivity index is 2.66. The fourth-order valence-electron chi connectivity index (χ4n) is 2.60. The second kappa shape index (κ2) is 9.05. The Kier molecular flexibility index (Phi) is 7.75. The average Bonchev–Trinajstić information content (AvgIpc) is 2.69. The van der Waals surface area contributed by atoms with E-state index < -0.39 is 0 Å². The van der Waals surface area contributed by atoms with E-state index in [1.54, 1.807) is 0 Å². The molecule has 122 valence electrons. The predicted molar refractivity (Wildman–Crippen MR) is 88.7 cm³/mol. The molecule has 0 radical (unpaired) electrons. The molecular formula is C16H32N4O. The number of anilines is 1. The summed E-state index contributed by atoms with van der Waals surface area (Å²) in [5, 5.41) is 16.9. The summed E-state index contributed by atoms with van der Waals surface area (Å²) in [6.45, 7) is 9.70. The normalized spacial score (nSPS) is 11.4. The van der Waals surface area contributed by atoms with Gasteiger partial charge in [-0.05, 0) is 38.6 Å². The summed E-state index contributed by atoms with van der Waals surface area (Å²) in [6.07, 6.45) is 3.06. The van der Waals surface area contributed by atoms with E-state index in [1.807, 2.05) is 11.7 Å². The van der Waals surface area contributed by atoms with Crippen molar-refractivity contribution in [3.63, 3.8) is 0 Å². The molecule has 21 heavy (non-hydrogen) atoms. The standard InChI is InChI=1S/C16H32N4O/c1-13(2)11-17-12-15-14(3)18-20(5)16(15)19(4)9-7-6-8-10-21/h13,17,21H,6-12H2,1-5H3. The molecule has 0 aliphatic rings. The fourth-order valence-corrected chi connectivity index (χ4v) is 2.60. The first-order valence-electron chi connectivity index (χ1n) is 8.02. The summed E-state index contributed by atoms with van der Waals surface area (Å²) in [5.41, 5.74) is 2.40. The Morgan fingerprint density at radius 3 is 2.62 bits per heavy atom. The van der Waals surface area contributed by atoms with Crippen molar-refractivity contribution in [2.75, 3.05) is 31.6 Å². The molecule has 0 saturated carbocycles. The molecule has 5 nitrogen and oxygen atoms in total. The number of aromatic nitrogens is 2. The van der Waals surface area contributed by atoms with E-state index in [1.165, 1.54) is 11.4 Å². The molecule has 0 aliphatic heterocycles. The molecule has 0 spiro atoms. The monoisotopic (exact) mass is 296 g/mol. The molecule has 1 aromatic heterocycles. The molecule has 1 heterocycles. The number of nitrogens with zero attached hydrogens (tertiary/aromatic N) is 3. The van der Waals surface area contributed by atoms with Crippen molar-refractivity contribution in [1.82, 2.24) is 15.1 Å². The topological polar surface area (TPSA) is 53.3 Å². The number of hydrogen-bond acceptors (Lipinski definition) is 4. The van der Waals surface area contributed by atoms with Crippen LogP contribution in [0.2, 0.25) is 0 Å². The smallest absolute Gasteiger partial charge is 0.131 e. The maximum Gasteiger partial charge on any atom is 0.131 e. The molecular weight excluding hydrogens is 264 g/mol. The lowest BCUT2D eigenvalue weighted by atomic mass is 10.2. The van der Waals surface area contributed by atoms with Gasteiger partial charge in [0.05, 0.1) is 5.69 Å². The van der Waals surface area contributed by atoms with Gasteiger partial charge in [-0.15, -0.1) is 0 Å². The Morgan fingerprint density at radius 2 is 2.00 bits per heavy atom. The number of hydrogen-bond donors (Lipinski definition) is 2. The van der Waals surface area contributed by atoms with Crippen LogP contribution in [0.25, 0.3) is 0 Å². The lowest BCUT2D eigenvalue weighted by molar-refractivity contribution is 0.283. The van der Waals surface area contributed by atoms with Crippen LogP contribution in [0.3, 0.4) is 0 Å². The Labute approximate surface area is 129 Å². The number of unbranched alkanes of at least 4 members (excludes halogenated alkanes) is 2. The highest BCUT2D eigenvalue weighted by molar-refractivity contribution is 5.49. The van der Waals surface area contributed by atoms with Gasteiger partial charge in [-0.2, -0.15) is 5.10 Å². The number of nitrogens with one attached hydrogen (secondary N) is 1. The maximum atomic E-state index is 8.85. The quantitative estimate of drug-likeness (QED) is 0.649. The van der Waals surface area contributed by atoms with Crippen LogP contribution < -0.4 is 10.2 Å². The van der Waals surface area contributed by atoms with Crippen molar-refractivity contribution in [2.24, 2.45) is 13.0 Å². The van der Waals surface area contributed by atoms with Gasteiger partial charge in [0.25, 0.3) is 0 Å². The van der Waals surface area contributed by atoms with E-state index in [2.05, 4.69) is 43.1 Å². The van der Waals surface area contributed by atoms with Gasteiger partial charge in [0.2, 0.25) is 0 Å². The fraction of sp³-hybridized carbons (Fsp3) is 0.812. The summed E-state index contributed by atoms with van der Waals surface area (Å²) in [4.78, 5) is 2.28. The molecule has 0 fully saturated rings. The van der Waals surface area contributed by atoms with Crippen LogP contribution >= 0.6 is 0 Å². The molecule has 2 N–H and O–H groups in total. The zero-order valence-electron chi connectivity index (χ0n) is 14.3. The summed E-state index contributed by atoms with van der Waals surface area (Å²) in [7, 11) is 4.14. The number of aliphatic hydroxyl groups excluding tert-OH is 1. The second-order valence-corrected chi connectivity index (χ2v) is 6.24. The van der Waals surface area contributed by atoms with Crippen LogP contribution in [0.5, 0.6) is 0 Å². The lowest BCUT2D eigenvalue weighted by Gasteiger charge is -2.21. The van der Waals surface area contributed by atoms with E-state index in [0.29, 0.717) is 12.5 Å². The van der Waals surface area contributed by atoms with Crippen molar-refractivity contribution >= 4 is 5.82 Å². The highest BCUT2D eigenvalue weighted by atomic mass is 16.2. The third-order valence-electron chi connectivity index (χ3n) is 3.68. The molecule has 1 rings (SSSR count). The van der Waals surface area contributed by atoms with Crippen LogP contribution in [0.1, 0.15) is 44.4 Å². The molecule has 1 aromatic rings. The van der Waals surface area contributed by atoms with Crippen LogP contribution in [0.15, 0.2) is 0 Å². The van der Waals surface area contributed by atoms with Crippen molar-refractivity contribution in [3.8, 4) is 0 Å². The van der Waals surface area contributed by atoms with Gasteiger partial charge in [0.15, 0.2) is 0 Å². The third-order valence-corrected chi connectivity index (χ3v) is 3.68. The SMILES string of the molecule is Cc1nn(C)c(N(C)CCCCCO)c1CNCC(C)C. The minimum absolute atomic E-state index is 0.291. The van der Waals surface area contributed by atoms with E-state index >= 15 is 0 Å². The Morgan fingerprint density at radius 1 is 1.29 bits per heavy atom. The molecule has 0 atom stereocenters. The first-order valence-corrected chi connectivity index (χ1v) is 8.02. The van der Waals surface area contributed by atoms with Gasteiger partial charge in [-0.25, -0.2) is 0 Å².